The van der Waals surface area contributed by atoms with Crippen molar-refractivity contribution in [1.29, 1.82) is 0 Å². The summed E-state index contributed by atoms with van der Waals surface area (Å²) >= 11 is 1.83. The molecule has 0 saturated heterocycles. The average Bonchev–Trinajstić information content (AvgIpc) is 2.88. The van der Waals surface area contributed by atoms with Gasteiger partial charge in [-0.05, 0) is 29.3 Å². The van der Waals surface area contributed by atoms with E-state index in [4.69, 9.17) is 9.84 Å². The highest BCUT2D eigenvalue weighted by molar-refractivity contribution is 7.99. The van der Waals surface area contributed by atoms with Gasteiger partial charge in [0.2, 0.25) is 0 Å². The van der Waals surface area contributed by atoms with Crippen LogP contribution in [0.25, 0.3) is 0 Å². The first-order chi connectivity index (χ1) is 9.76. The van der Waals surface area contributed by atoms with Crippen LogP contribution >= 0.6 is 11.8 Å². The normalized spacial score (nSPS) is 17.0. The number of benzene rings is 2. The van der Waals surface area contributed by atoms with Crippen molar-refractivity contribution in [2.45, 2.75) is 17.4 Å². The molecule has 0 amide bonds. The molecule has 0 radical (unpaired) electrons. The van der Waals surface area contributed by atoms with Gasteiger partial charge in [0.1, 0.15) is 11.6 Å². The minimum absolute atomic E-state index is 0.184. The number of hydrogen-bond donors (Lipinski definition) is 1. The van der Waals surface area contributed by atoms with Crippen molar-refractivity contribution in [2.24, 2.45) is 0 Å². The number of aliphatic hydroxyl groups excluding tert-OH is 1. The summed E-state index contributed by atoms with van der Waals surface area (Å²) in [5, 5.41) is 9.07. The number of thioether (sulfide) groups is 1. The second-order valence-electron chi connectivity index (χ2n) is 4.81. The summed E-state index contributed by atoms with van der Waals surface area (Å²) in [6.45, 7) is 0.342. The third-order valence-electron chi connectivity index (χ3n) is 3.36. The second kappa shape index (κ2) is 5.85. The summed E-state index contributed by atoms with van der Waals surface area (Å²) in [7, 11) is 0. The van der Waals surface area contributed by atoms with Crippen LogP contribution in [0.15, 0.2) is 47.4 Å². The summed E-state index contributed by atoms with van der Waals surface area (Å²) in [4.78, 5) is 1.30. The van der Waals surface area contributed by atoms with Crippen LogP contribution < -0.4 is 4.74 Å². The van der Waals surface area contributed by atoms with Gasteiger partial charge in [0.15, 0.2) is 0 Å². The number of aliphatic hydroxyl groups is 1. The van der Waals surface area contributed by atoms with Crippen molar-refractivity contribution in [2.75, 3.05) is 12.4 Å². The minimum atomic E-state index is -0.382. The molecule has 20 heavy (non-hydrogen) atoms. The van der Waals surface area contributed by atoms with E-state index < -0.39 is 0 Å². The van der Waals surface area contributed by atoms with Crippen molar-refractivity contribution in [3.8, 4) is 5.75 Å². The summed E-state index contributed by atoms with van der Waals surface area (Å²) in [6, 6.07) is 12.6. The molecule has 2 nitrogen and oxygen atoms in total. The fourth-order valence-corrected chi connectivity index (χ4v) is 3.59. The molecule has 1 unspecified atom stereocenters. The highest BCUT2D eigenvalue weighted by Gasteiger charge is 2.23. The monoisotopic (exact) mass is 290 g/mol. The van der Waals surface area contributed by atoms with Gasteiger partial charge in [0.05, 0.1) is 13.2 Å². The van der Waals surface area contributed by atoms with Gasteiger partial charge in [-0.2, -0.15) is 0 Å². The van der Waals surface area contributed by atoms with Crippen LogP contribution in [0.4, 0.5) is 4.39 Å². The number of halogens is 1. The minimum Gasteiger partial charge on any atom is -0.493 e. The number of fused-ring (bicyclic) bond motifs is 1. The van der Waals surface area contributed by atoms with Crippen LogP contribution in [0, 0.1) is 5.82 Å². The molecule has 4 heteroatoms. The molecule has 0 fully saturated rings. The molecule has 2 aromatic carbocycles. The van der Waals surface area contributed by atoms with E-state index >= 15 is 0 Å². The number of rotatable bonds is 4. The molecule has 0 spiro atoms. The van der Waals surface area contributed by atoms with Crippen LogP contribution in [-0.2, 0) is 6.61 Å². The van der Waals surface area contributed by atoms with E-state index in [0.717, 1.165) is 5.75 Å². The number of ether oxygens (including phenoxy) is 1. The van der Waals surface area contributed by atoms with E-state index in [2.05, 4.69) is 12.1 Å². The van der Waals surface area contributed by atoms with E-state index in [0.29, 0.717) is 23.8 Å². The first-order valence-corrected chi connectivity index (χ1v) is 7.49. The van der Waals surface area contributed by atoms with E-state index in [1.54, 1.807) is 6.07 Å². The molecule has 1 aliphatic rings. The van der Waals surface area contributed by atoms with Crippen LogP contribution in [0.5, 0.6) is 5.75 Å². The molecule has 0 aromatic heterocycles. The topological polar surface area (TPSA) is 29.5 Å². The Bertz CT molecular complexity index is 615. The van der Waals surface area contributed by atoms with E-state index in [1.807, 2.05) is 23.9 Å². The summed E-state index contributed by atoms with van der Waals surface area (Å²) < 4.78 is 19.1. The molecule has 1 atom stereocenters. The third-order valence-corrected chi connectivity index (χ3v) is 4.62. The maximum Gasteiger partial charge on any atom is 0.127 e. The molecule has 2 aromatic rings. The van der Waals surface area contributed by atoms with Crippen molar-refractivity contribution < 1.29 is 14.2 Å². The lowest BCUT2D eigenvalue weighted by Gasteiger charge is -2.13. The van der Waals surface area contributed by atoms with Gasteiger partial charge in [-0.1, -0.05) is 18.2 Å². The van der Waals surface area contributed by atoms with E-state index in [-0.39, 0.29) is 12.4 Å². The molecule has 1 aliphatic heterocycles. The molecule has 1 N–H and O–H groups in total. The van der Waals surface area contributed by atoms with Crippen LogP contribution in [0.3, 0.4) is 0 Å². The van der Waals surface area contributed by atoms with Gasteiger partial charge >= 0.3 is 0 Å². The molecular weight excluding hydrogens is 275 g/mol. The predicted molar refractivity (Wildman–Crippen MR) is 77.7 cm³/mol. The average molecular weight is 290 g/mol. The molecule has 104 valence electrons. The Kier molecular flexibility index (Phi) is 3.94. The zero-order valence-corrected chi connectivity index (χ0v) is 11.7. The van der Waals surface area contributed by atoms with E-state index in [9.17, 15) is 4.39 Å². The second-order valence-corrected chi connectivity index (χ2v) is 5.87. The lowest BCUT2D eigenvalue weighted by molar-refractivity contribution is 0.275. The van der Waals surface area contributed by atoms with Crippen LogP contribution in [0.2, 0.25) is 0 Å². The number of hydrogen-bond acceptors (Lipinski definition) is 3. The lowest BCUT2D eigenvalue weighted by atomic mass is 10.0. The molecule has 0 aliphatic carbocycles. The Labute approximate surface area is 121 Å². The van der Waals surface area contributed by atoms with Crippen molar-refractivity contribution in [3.63, 3.8) is 0 Å². The Morgan fingerprint density at radius 3 is 2.95 bits per heavy atom. The highest BCUT2D eigenvalue weighted by Crippen LogP contribution is 2.39. The fourth-order valence-electron chi connectivity index (χ4n) is 2.36. The molecule has 0 saturated carbocycles. The fraction of sp³-hybridized carbons (Fsp3) is 0.250. The van der Waals surface area contributed by atoms with Crippen molar-refractivity contribution in [1.82, 2.24) is 0 Å². The first-order valence-electron chi connectivity index (χ1n) is 6.51. The molecular formula is C16H15FO2S. The van der Waals surface area contributed by atoms with Gasteiger partial charge in [0.25, 0.3) is 0 Å². The molecule has 3 rings (SSSR count). The molecule has 0 bridgehead atoms. The zero-order valence-electron chi connectivity index (χ0n) is 10.9. The summed E-state index contributed by atoms with van der Waals surface area (Å²) in [6.07, 6.45) is 0. The third kappa shape index (κ3) is 2.81. The summed E-state index contributed by atoms with van der Waals surface area (Å²) in [5.41, 5.74) is 1.83. The maximum absolute atomic E-state index is 13.4. The van der Waals surface area contributed by atoms with Gasteiger partial charge < -0.3 is 9.84 Å². The Balaban J connectivity index is 1.70. The van der Waals surface area contributed by atoms with Gasteiger partial charge in [0, 0.05) is 22.6 Å². The van der Waals surface area contributed by atoms with Crippen molar-refractivity contribution in [3.05, 3.63) is 59.4 Å². The van der Waals surface area contributed by atoms with Crippen molar-refractivity contribution >= 4 is 11.8 Å². The zero-order chi connectivity index (χ0) is 13.9. The Morgan fingerprint density at radius 1 is 1.25 bits per heavy atom. The maximum atomic E-state index is 13.4. The van der Waals surface area contributed by atoms with Gasteiger partial charge in [-0.15, -0.1) is 11.8 Å². The molecule has 1 heterocycles. The van der Waals surface area contributed by atoms with Gasteiger partial charge in [-0.25, -0.2) is 4.39 Å². The lowest BCUT2D eigenvalue weighted by Crippen LogP contribution is -2.10. The van der Waals surface area contributed by atoms with Crippen LogP contribution in [0.1, 0.15) is 17.0 Å². The van der Waals surface area contributed by atoms with E-state index in [1.165, 1.54) is 22.6 Å². The standard InChI is InChI=1S/C16H15FO2S/c17-13-5-11(8-18)6-14(7-13)19-9-12-10-20-16-4-2-1-3-15(12)16/h1-7,12,18H,8-10H2. The largest absolute Gasteiger partial charge is 0.493 e. The Morgan fingerprint density at radius 2 is 2.10 bits per heavy atom. The summed E-state index contributed by atoms with van der Waals surface area (Å²) in [5.74, 6) is 1.41. The first kappa shape index (κ1) is 13.5. The highest BCUT2D eigenvalue weighted by atomic mass is 32.2. The van der Waals surface area contributed by atoms with Crippen LogP contribution in [-0.4, -0.2) is 17.5 Å². The quantitative estimate of drug-likeness (QED) is 0.933. The SMILES string of the molecule is OCc1cc(F)cc(OCC2CSc3ccccc32)c1. The predicted octanol–water partition coefficient (Wildman–Crippen LogP) is 3.59. The Hall–Kier alpha value is -1.52. The van der Waals surface area contributed by atoms with Gasteiger partial charge in [-0.3, -0.25) is 0 Å². The smallest absolute Gasteiger partial charge is 0.127 e.